The molecule has 6 N–H and O–H groups in total. The average molecular weight is 990 g/mol. The summed E-state index contributed by atoms with van der Waals surface area (Å²) in [7, 11) is 1.26. The number of fused-ring (bicyclic) bond motifs is 1. The van der Waals surface area contributed by atoms with E-state index < -0.39 is 64.5 Å². The molecule has 5 amide bonds. The fourth-order valence-corrected chi connectivity index (χ4v) is 9.54. The minimum atomic E-state index is -1.36. The van der Waals surface area contributed by atoms with Crippen molar-refractivity contribution >= 4 is 46.8 Å². The van der Waals surface area contributed by atoms with Gasteiger partial charge in [-0.05, 0) is 58.4 Å². The molecule has 3 heterocycles. The number of carbonyl (C=O) groups excluding carboxylic acids is 6. The maximum absolute atomic E-state index is 14.0. The summed E-state index contributed by atoms with van der Waals surface area (Å²) in [5.74, 6) is -3.55. The zero-order chi connectivity index (χ0) is 50.9. The molecule has 0 bridgehead atoms. The van der Waals surface area contributed by atoms with Crippen LogP contribution in [0.5, 0.6) is 5.75 Å². The molecule has 3 aromatic carbocycles. The number of aromatic nitrogens is 2. The fraction of sp³-hybridized carbons (Fsp3) is 0.385. The fourth-order valence-electron chi connectivity index (χ4n) is 8.73. The Bertz CT molecular complexity index is 2710. The summed E-state index contributed by atoms with van der Waals surface area (Å²) in [5.41, 5.74) is 5.23. The molecule has 1 saturated heterocycles. The molecule has 5 aromatic rings. The summed E-state index contributed by atoms with van der Waals surface area (Å²) in [4.78, 5) is 90.7. The lowest BCUT2D eigenvalue weighted by atomic mass is 9.85. The van der Waals surface area contributed by atoms with E-state index in [2.05, 4.69) is 31.2 Å². The number of amides is 5. The van der Waals surface area contributed by atoms with E-state index in [0.29, 0.717) is 16.7 Å². The normalized spacial score (nSPS) is 16.4. The number of benzene rings is 3. The standard InChI is InChI=1S/C52H59N7O11S/c1-31-44(71-30-56-31)34-12-10-32(11-13-34)27-55-47(64)40-24-38(60)28-59(40)49(66)45(51(2,3)4)57-41(61)29-70-23-22-69-21-20-54-46(63)35-16-14-33(15-17-35)39-18-19-53-42(43(39)62)48(65)58-52(50(67)68-5)25-36-8-6-7-9-37(36)26-52/h6-19,30,38,40,45,60,62H,20-29H2,1-5H3,(H,54,63)(H,55,64)(H,57,61)(H,58,65)/t38-,40+,45-/m0/s1. The molecule has 0 unspecified atom stereocenters. The molecule has 1 aliphatic carbocycles. The zero-order valence-corrected chi connectivity index (χ0v) is 41.1. The minimum Gasteiger partial charge on any atom is -0.505 e. The van der Waals surface area contributed by atoms with Crippen molar-refractivity contribution in [2.45, 2.75) is 77.2 Å². The lowest BCUT2D eigenvalue weighted by Gasteiger charge is -2.35. The predicted molar refractivity (Wildman–Crippen MR) is 263 cm³/mol. The number of aryl methyl sites for hydroxylation is 1. The van der Waals surface area contributed by atoms with Crippen molar-refractivity contribution in [3.63, 3.8) is 0 Å². The molecule has 2 aromatic heterocycles. The summed E-state index contributed by atoms with van der Waals surface area (Å²) >= 11 is 1.56. The van der Waals surface area contributed by atoms with Gasteiger partial charge in [-0.2, -0.15) is 0 Å². The Balaban J connectivity index is 0.816. The number of nitrogens with zero attached hydrogens (tertiary/aromatic N) is 3. The maximum Gasteiger partial charge on any atom is 0.332 e. The molecule has 1 aliphatic heterocycles. The molecule has 2 aliphatic rings. The number of β-amino-alcohol motifs (C(OH)–C–C–N with tert-alkyl or cyclic N) is 1. The number of hydrogen-bond acceptors (Lipinski definition) is 14. The van der Waals surface area contributed by atoms with Crippen LogP contribution in [-0.2, 0) is 52.8 Å². The van der Waals surface area contributed by atoms with Gasteiger partial charge in [-0.3, -0.25) is 24.0 Å². The highest BCUT2D eigenvalue weighted by molar-refractivity contribution is 7.13. The van der Waals surface area contributed by atoms with Crippen LogP contribution >= 0.6 is 11.3 Å². The zero-order valence-electron chi connectivity index (χ0n) is 40.3. The number of pyridine rings is 1. The summed E-state index contributed by atoms with van der Waals surface area (Å²) < 4.78 is 16.2. The van der Waals surface area contributed by atoms with E-state index in [1.54, 1.807) is 61.9 Å². The number of hydrogen-bond donors (Lipinski definition) is 6. The number of rotatable bonds is 19. The monoisotopic (exact) mass is 989 g/mol. The van der Waals surface area contributed by atoms with Crippen molar-refractivity contribution in [3.8, 4) is 27.3 Å². The number of aromatic hydroxyl groups is 1. The van der Waals surface area contributed by atoms with Gasteiger partial charge in [-0.1, -0.05) is 81.4 Å². The first-order valence-corrected chi connectivity index (χ1v) is 24.1. The predicted octanol–water partition coefficient (Wildman–Crippen LogP) is 3.90. The molecule has 3 atom stereocenters. The molecule has 374 valence electrons. The Morgan fingerprint density at radius 1 is 0.859 bits per heavy atom. The number of nitrogens with one attached hydrogen (secondary N) is 4. The minimum absolute atomic E-state index is 0.0518. The molecule has 0 radical (unpaired) electrons. The van der Waals surface area contributed by atoms with Crippen LogP contribution in [0, 0.1) is 12.3 Å². The van der Waals surface area contributed by atoms with Gasteiger partial charge in [0.1, 0.15) is 24.2 Å². The molecule has 71 heavy (non-hydrogen) atoms. The van der Waals surface area contributed by atoms with Crippen LogP contribution in [0.3, 0.4) is 0 Å². The van der Waals surface area contributed by atoms with Gasteiger partial charge in [0.05, 0.1) is 49.1 Å². The summed E-state index contributed by atoms with van der Waals surface area (Å²) in [6.07, 6.45) is 0.987. The number of aliphatic hydroxyl groups is 1. The third-order valence-corrected chi connectivity index (χ3v) is 13.5. The third-order valence-electron chi connectivity index (χ3n) is 12.5. The Hall–Kier alpha value is -7.06. The number of carbonyl (C=O) groups is 6. The van der Waals surface area contributed by atoms with E-state index in [4.69, 9.17) is 14.2 Å². The molecule has 19 heteroatoms. The smallest absolute Gasteiger partial charge is 0.332 e. The highest BCUT2D eigenvalue weighted by atomic mass is 32.1. The van der Waals surface area contributed by atoms with Crippen LogP contribution < -0.4 is 21.3 Å². The number of thiazole rings is 1. The van der Waals surface area contributed by atoms with Crippen molar-refractivity contribution in [2.24, 2.45) is 5.41 Å². The second-order valence-electron chi connectivity index (χ2n) is 18.6. The van der Waals surface area contributed by atoms with Crippen molar-refractivity contribution in [3.05, 3.63) is 124 Å². The van der Waals surface area contributed by atoms with Gasteiger partial charge < -0.3 is 50.6 Å². The third kappa shape index (κ3) is 12.5. The number of esters is 1. The molecular weight excluding hydrogens is 931 g/mol. The second kappa shape index (κ2) is 22.8. The summed E-state index contributed by atoms with van der Waals surface area (Å²) in [6.45, 7) is 7.65. The first kappa shape index (κ1) is 51.8. The molecule has 7 rings (SSSR count). The van der Waals surface area contributed by atoms with Gasteiger partial charge in [0, 0.05) is 56.2 Å². The van der Waals surface area contributed by atoms with Gasteiger partial charge in [0.25, 0.3) is 11.8 Å². The van der Waals surface area contributed by atoms with Gasteiger partial charge >= 0.3 is 5.97 Å². The number of methoxy groups -OCH3 is 1. The molecule has 18 nitrogen and oxygen atoms in total. The van der Waals surface area contributed by atoms with Gasteiger partial charge in [-0.25, -0.2) is 14.8 Å². The van der Waals surface area contributed by atoms with Crippen LogP contribution in [-0.4, -0.2) is 131 Å². The first-order chi connectivity index (χ1) is 34.0. The van der Waals surface area contributed by atoms with E-state index in [1.165, 1.54) is 24.3 Å². The van der Waals surface area contributed by atoms with Gasteiger partial charge in [0.2, 0.25) is 17.7 Å². The molecule has 1 fully saturated rings. The van der Waals surface area contributed by atoms with Gasteiger partial charge in [0.15, 0.2) is 11.4 Å². The maximum atomic E-state index is 14.0. The van der Waals surface area contributed by atoms with E-state index in [9.17, 15) is 39.0 Å². The Kier molecular flexibility index (Phi) is 16.6. The Morgan fingerprint density at radius 2 is 1.54 bits per heavy atom. The first-order valence-electron chi connectivity index (χ1n) is 23.2. The number of likely N-dealkylation sites (tertiary alicyclic amines) is 1. The van der Waals surface area contributed by atoms with Crippen molar-refractivity contribution in [1.82, 2.24) is 36.1 Å². The number of ether oxygens (including phenoxy) is 3. The van der Waals surface area contributed by atoms with Crippen molar-refractivity contribution in [2.75, 3.05) is 46.6 Å². The van der Waals surface area contributed by atoms with E-state index in [0.717, 1.165) is 32.8 Å². The molecule has 0 spiro atoms. The van der Waals surface area contributed by atoms with E-state index >= 15 is 0 Å². The summed E-state index contributed by atoms with van der Waals surface area (Å²) in [5, 5.41) is 33.0. The topological polar surface area (TPSA) is 248 Å². The molecule has 0 saturated carbocycles. The van der Waals surface area contributed by atoms with Crippen LogP contribution in [0.2, 0.25) is 0 Å². The van der Waals surface area contributed by atoms with E-state index in [1.807, 2.05) is 55.5 Å². The quantitative estimate of drug-likeness (QED) is 0.0509. The highest BCUT2D eigenvalue weighted by Crippen LogP contribution is 2.35. The largest absolute Gasteiger partial charge is 0.505 e. The summed E-state index contributed by atoms with van der Waals surface area (Å²) in [6, 6.07) is 21.3. The number of aliphatic hydroxyl groups excluding tert-OH is 1. The highest BCUT2D eigenvalue weighted by Gasteiger charge is 2.47. The molecular formula is C52H59N7O11S. The van der Waals surface area contributed by atoms with E-state index in [-0.39, 0.29) is 76.9 Å². The van der Waals surface area contributed by atoms with Gasteiger partial charge in [-0.15, -0.1) is 11.3 Å². The van der Waals surface area contributed by atoms with Crippen molar-refractivity contribution in [1.29, 1.82) is 0 Å². The second-order valence-corrected chi connectivity index (χ2v) is 19.5. The van der Waals surface area contributed by atoms with Crippen LogP contribution in [0.15, 0.2) is 90.6 Å². The van der Waals surface area contributed by atoms with Crippen LogP contribution in [0.25, 0.3) is 21.6 Å². The average Bonchev–Trinajstić information content (AvgIpc) is 4.09. The SMILES string of the molecule is COC(=O)C1(NC(=O)c2nccc(-c3ccc(C(=O)NCCOCCOCC(=O)N[C@@H](C(=O)N4C[C@@H](O)C[C@@H]4C(=O)NCc4ccc(-c5scnc5C)cc4)C(C)(C)C)cc3)c2O)Cc2ccccc2C1. The van der Waals surface area contributed by atoms with Crippen LogP contribution in [0.1, 0.15) is 70.4 Å². The Labute approximate surface area is 415 Å². The van der Waals surface area contributed by atoms with Crippen molar-refractivity contribution < 1.29 is 53.2 Å². The van der Waals surface area contributed by atoms with Crippen LogP contribution in [0.4, 0.5) is 0 Å². The Morgan fingerprint density at radius 3 is 2.18 bits per heavy atom. The lowest BCUT2D eigenvalue weighted by Crippen LogP contribution is -2.58. The lowest BCUT2D eigenvalue weighted by molar-refractivity contribution is -0.147.